The number of ether oxygens (including phenoxy) is 1. The number of nitrogens with zero attached hydrogens (tertiary/aromatic N) is 1. The Bertz CT molecular complexity index is 505. The number of nitrogens with one attached hydrogen (secondary N) is 1. The van der Waals surface area contributed by atoms with Crippen molar-refractivity contribution in [2.75, 3.05) is 18.5 Å². The number of rotatable bonds is 6. The average Bonchev–Trinajstić information content (AvgIpc) is 2.47. The largest absolute Gasteiger partial charge is 0.377 e. The SMILES string of the molecule is O=[N+]([O-])c1cc(Cl)c(Cl)cc1NCCOC1CCCCC1. The molecule has 0 bridgehead atoms. The first-order chi connectivity index (χ1) is 10.1. The first kappa shape index (κ1) is 16.3. The highest BCUT2D eigenvalue weighted by atomic mass is 35.5. The Morgan fingerprint density at radius 1 is 1.24 bits per heavy atom. The molecule has 116 valence electrons. The molecule has 0 spiro atoms. The van der Waals surface area contributed by atoms with Crippen LogP contribution in [0.5, 0.6) is 0 Å². The zero-order valence-corrected chi connectivity index (χ0v) is 13.1. The molecule has 0 unspecified atom stereocenters. The summed E-state index contributed by atoms with van der Waals surface area (Å²) < 4.78 is 5.77. The maximum absolute atomic E-state index is 11.0. The summed E-state index contributed by atoms with van der Waals surface area (Å²) in [6.45, 7) is 1.01. The minimum Gasteiger partial charge on any atom is -0.377 e. The fourth-order valence-corrected chi connectivity index (χ4v) is 2.79. The second-order valence-electron chi connectivity index (χ2n) is 5.10. The lowest BCUT2D eigenvalue weighted by atomic mass is 9.98. The molecule has 1 N–H and O–H groups in total. The van der Waals surface area contributed by atoms with Crippen molar-refractivity contribution in [2.45, 2.75) is 38.2 Å². The Balaban J connectivity index is 1.87. The monoisotopic (exact) mass is 332 g/mol. The van der Waals surface area contributed by atoms with Gasteiger partial charge >= 0.3 is 0 Å². The maximum Gasteiger partial charge on any atom is 0.293 e. The predicted molar refractivity (Wildman–Crippen MR) is 84.4 cm³/mol. The van der Waals surface area contributed by atoms with Crippen LogP contribution in [-0.4, -0.2) is 24.2 Å². The first-order valence-corrected chi connectivity index (χ1v) is 7.82. The molecule has 21 heavy (non-hydrogen) atoms. The van der Waals surface area contributed by atoms with Crippen LogP contribution in [-0.2, 0) is 4.74 Å². The molecule has 1 fully saturated rings. The molecule has 0 saturated heterocycles. The van der Waals surface area contributed by atoms with E-state index in [1.807, 2.05) is 0 Å². The van der Waals surface area contributed by atoms with E-state index < -0.39 is 4.92 Å². The summed E-state index contributed by atoms with van der Waals surface area (Å²) in [7, 11) is 0. The fourth-order valence-electron chi connectivity index (χ4n) is 2.47. The van der Waals surface area contributed by atoms with E-state index in [0.717, 1.165) is 12.8 Å². The molecule has 5 nitrogen and oxygen atoms in total. The maximum atomic E-state index is 11.0. The molecule has 0 amide bonds. The van der Waals surface area contributed by atoms with Gasteiger partial charge in [-0.3, -0.25) is 10.1 Å². The van der Waals surface area contributed by atoms with Crippen molar-refractivity contribution < 1.29 is 9.66 Å². The topological polar surface area (TPSA) is 64.4 Å². The molecule has 0 heterocycles. The van der Waals surface area contributed by atoms with Crippen molar-refractivity contribution in [3.63, 3.8) is 0 Å². The van der Waals surface area contributed by atoms with Crippen LogP contribution < -0.4 is 5.32 Å². The van der Waals surface area contributed by atoms with Crippen LogP contribution in [0.2, 0.25) is 10.0 Å². The molecule has 1 aromatic rings. The molecule has 1 aromatic carbocycles. The smallest absolute Gasteiger partial charge is 0.293 e. The van der Waals surface area contributed by atoms with Crippen LogP contribution >= 0.6 is 23.2 Å². The van der Waals surface area contributed by atoms with Crippen molar-refractivity contribution in [3.05, 3.63) is 32.3 Å². The summed E-state index contributed by atoms with van der Waals surface area (Å²) in [5, 5.41) is 14.5. The van der Waals surface area contributed by atoms with Crippen LogP contribution in [0.1, 0.15) is 32.1 Å². The Hall–Kier alpha value is -1.04. The fraction of sp³-hybridized carbons (Fsp3) is 0.571. The molecule has 1 saturated carbocycles. The van der Waals surface area contributed by atoms with Crippen molar-refractivity contribution in [3.8, 4) is 0 Å². The normalized spacial score (nSPS) is 15.9. The Morgan fingerprint density at radius 3 is 2.57 bits per heavy atom. The van der Waals surface area contributed by atoms with Gasteiger partial charge in [0.05, 0.1) is 27.7 Å². The summed E-state index contributed by atoms with van der Waals surface area (Å²) in [4.78, 5) is 10.5. The third-order valence-electron chi connectivity index (χ3n) is 3.56. The van der Waals surface area contributed by atoms with Gasteiger partial charge in [0.15, 0.2) is 0 Å². The summed E-state index contributed by atoms with van der Waals surface area (Å²) in [5.41, 5.74) is 0.281. The molecule has 2 rings (SSSR count). The zero-order chi connectivity index (χ0) is 15.2. The van der Waals surface area contributed by atoms with Gasteiger partial charge in [-0.2, -0.15) is 0 Å². The van der Waals surface area contributed by atoms with Gasteiger partial charge in [-0.25, -0.2) is 0 Å². The van der Waals surface area contributed by atoms with E-state index in [1.54, 1.807) is 0 Å². The number of nitro benzene ring substituents is 1. The highest BCUT2D eigenvalue weighted by Gasteiger charge is 2.17. The van der Waals surface area contributed by atoms with Gasteiger partial charge in [-0.1, -0.05) is 42.5 Å². The molecule has 7 heteroatoms. The van der Waals surface area contributed by atoms with E-state index in [4.69, 9.17) is 27.9 Å². The standard InChI is InChI=1S/C14H18Cl2N2O3/c15-11-8-13(14(18(19)20)9-12(11)16)17-6-7-21-10-4-2-1-3-5-10/h8-10,17H,1-7H2. The van der Waals surface area contributed by atoms with Crippen molar-refractivity contribution >= 4 is 34.6 Å². The molecule has 0 aromatic heterocycles. The summed E-state index contributed by atoms with van der Waals surface area (Å²) >= 11 is 11.7. The second-order valence-corrected chi connectivity index (χ2v) is 5.91. The van der Waals surface area contributed by atoms with E-state index in [-0.39, 0.29) is 15.7 Å². The molecule has 1 aliphatic carbocycles. The molecule has 1 aliphatic rings. The van der Waals surface area contributed by atoms with Gasteiger partial charge in [-0.15, -0.1) is 0 Å². The third-order valence-corrected chi connectivity index (χ3v) is 4.28. The van der Waals surface area contributed by atoms with E-state index >= 15 is 0 Å². The van der Waals surface area contributed by atoms with E-state index in [2.05, 4.69) is 5.32 Å². The number of hydrogen-bond acceptors (Lipinski definition) is 4. The minimum absolute atomic E-state index is 0.0814. The lowest BCUT2D eigenvalue weighted by molar-refractivity contribution is -0.383. The van der Waals surface area contributed by atoms with E-state index in [1.165, 1.54) is 31.4 Å². The summed E-state index contributed by atoms with van der Waals surface area (Å²) in [6.07, 6.45) is 6.25. The highest BCUT2D eigenvalue weighted by Crippen LogP contribution is 2.33. The van der Waals surface area contributed by atoms with Gasteiger partial charge in [0.1, 0.15) is 5.69 Å². The number of anilines is 1. The van der Waals surface area contributed by atoms with Gasteiger partial charge < -0.3 is 10.1 Å². The Kier molecular flexibility index (Phi) is 6.08. The van der Waals surface area contributed by atoms with E-state index in [9.17, 15) is 10.1 Å². The summed E-state index contributed by atoms with van der Waals surface area (Å²) in [5.74, 6) is 0. The van der Waals surface area contributed by atoms with Gasteiger partial charge in [-0.05, 0) is 18.9 Å². The van der Waals surface area contributed by atoms with Crippen molar-refractivity contribution in [1.82, 2.24) is 0 Å². The highest BCUT2D eigenvalue weighted by molar-refractivity contribution is 6.42. The van der Waals surface area contributed by atoms with Crippen molar-refractivity contribution in [1.29, 1.82) is 0 Å². The zero-order valence-electron chi connectivity index (χ0n) is 11.6. The number of benzene rings is 1. The van der Waals surface area contributed by atoms with Crippen LogP contribution in [0.25, 0.3) is 0 Å². The van der Waals surface area contributed by atoms with E-state index in [0.29, 0.717) is 24.9 Å². The molecule has 0 atom stereocenters. The average molecular weight is 333 g/mol. The number of halogens is 2. The van der Waals surface area contributed by atoms with Gasteiger partial charge in [0.2, 0.25) is 0 Å². The predicted octanol–water partition coefficient (Wildman–Crippen LogP) is 4.66. The minimum atomic E-state index is -0.480. The quantitative estimate of drug-likeness (QED) is 0.467. The molecular weight excluding hydrogens is 315 g/mol. The number of hydrogen-bond donors (Lipinski definition) is 1. The lowest BCUT2D eigenvalue weighted by Crippen LogP contribution is -2.20. The first-order valence-electron chi connectivity index (χ1n) is 7.07. The van der Waals surface area contributed by atoms with Crippen molar-refractivity contribution in [2.24, 2.45) is 0 Å². The van der Waals surface area contributed by atoms with Crippen LogP contribution in [0.15, 0.2) is 12.1 Å². The van der Waals surface area contributed by atoms with Crippen LogP contribution in [0, 0.1) is 10.1 Å². The van der Waals surface area contributed by atoms with Gasteiger partial charge in [0.25, 0.3) is 5.69 Å². The third kappa shape index (κ3) is 4.73. The second kappa shape index (κ2) is 7.82. The summed E-state index contributed by atoms with van der Waals surface area (Å²) in [6, 6.07) is 2.73. The number of nitro groups is 1. The van der Waals surface area contributed by atoms with Crippen LogP contribution in [0.4, 0.5) is 11.4 Å². The molecule has 0 aliphatic heterocycles. The molecule has 0 radical (unpaired) electrons. The molecular formula is C14H18Cl2N2O3. The van der Waals surface area contributed by atoms with Crippen LogP contribution in [0.3, 0.4) is 0 Å². The Morgan fingerprint density at radius 2 is 1.90 bits per heavy atom. The lowest BCUT2D eigenvalue weighted by Gasteiger charge is -2.22. The Labute approximate surface area is 133 Å². The van der Waals surface area contributed by atoms with Gasteiger partial charge in [0, 0.05) is 12.6 Å².